The SMILES string of the molecule is CCCc1ccc(O/C=C(/OC)c2ccc(C)cc2)c(OC)c1. The van der Waals surface area contributed by atoms with E-state index in [0.717, 1.165) is 24.2 Å². The molecule has 0 bridgehead atoms. The lowest BCUT2D eigenvalue weighted by Crippen LogP contribution is -1.95. The molecule has 0 aliphatic heterocycles. The summed E-state index contributed by atoms with van der Waals surface area (Å²) in [6, 6.07) is 14.1. The fraction of sp³-hybridized carbons (Fsp3) is 0.300. The van der Waals surface area contributed by atoms with Crippen LogP contribution in [0.4, 0.5) is 0 Å². The highest BCUT2D eigenvalue weighted by atomic mass is 16.5. The molecule has 0 radical (unpaired) electrons. The van der Waals surface area contributed by atoms with Gasteiger partial charge in [-0.2, -0.15) is 0 Å². The van der Waals surface area contributed by atoms with Crippen LogP contribution in [0.3, 0.4) is 0 Å². The molecule has 0 aliphatic rings. The summed E-state index contributed by atoms with van der Waals surface area (Å²) in [6.45, 7) is 4.21. The highest BCUT2D eigenvalue weighted by molar-refractivity contribution is 5.59. The van der Waals surface area contributed by atoms with Crippen LogP contribution in [0.1, 0.15) is 30.0 Å². The summed E-state index contributed by atoms with van der Waals surface area (Å²) in [5, 5.41) is 0. The second-order valence-corrected chi connectivity index (χ2v) is 5.41. The second kappa shape index (κ2) is 8.28. The van der Waals surface area contributed by atoms with Gasteiger partial charge in [0, 0.05) is 5.56 Å². The van der Waals surface area contributed by atoms with Gasteiger partial charge in [-0.25, -0.2) is 0 Å². The van der Waals surface area contributed by atoms with E-state index in [2.05, 4.69) is 19.9 Å². The van der Waals surface area contributed by atoms with Crippen molar-refractivity contribution in [3.63, 3.8) is 0 Å². The molecule has 2 rings (SSSR count). The van der Waals surface area contributed by atoms with Gasteiger partial charge in [-0.05, 0) is 31.0 Å². The van der Waals surface area contributed by atoms with Crippen molar-refractivity contribution in [2.45, 2.75) is 26.7 Å². The molecule has 2 aromatic carbocycles. The van der Waals surface area contributed by atoms with E-state index >= 15 is 0 Å². The van der Waals surface area contributed by atoms with Crippen molar-refractivity contribution >= 4 is 5.76 Å². The van der Waals surface area contributed by atoms with Crippen molar-refractivity contribution in [3.05, 3.63) is 65.4 Å². The van der Waals surface area contributed by atoms with Crippen molar-refractivity contribution in [1.29, 1.82) is 0 Å². The minimum atomic E-state index is 0.671. The Hall–Kier alpha value is -2.42. The van der Waals surface area contributed by atoms with E-state index in [-0.39, 0.29) is 0 Å². The Morgan fingerprint density at radius 3 is 2.35 bits per heavy atom. The first-order valence-corrected chi connectivity index (χ1v) is 7.82. The van der Waals surface area contributed by atoms with E-state index in [1.165, 1.54) is 11.1 Å². The van der Waals surface area contributed by atoms with Crippen LogP contribution >= 0.6 is 0 Å². The number of ether oxygens (including phenoxy) is 3. The zero-order chi connectivity index (χ0) is 16.7. The van der Waals surface area contributed by atoms with Gasteiger partial charge in [0.2, 0.25) is 0 Å². The Morgan fingerprint density at radius 1 is 1.00 bits per heavy atom. The highest BCUT2D eigenvalue weighted by Gasteiger charge is 2.07. The van der Waals surface area contributed by atoms with Crippen molar-refractivity contribution in [2.75, 3.05) is 14.2 Å². The smallest absolute Gasteiger partial charge is 0.168 e. The summed E-state index contributed by atoms with van der Waals surface area (Å²) in [5.74, 6) is 2.07. The molecule has 23 heavy (non-hydrogen) atoms. The molecular formula is C20H24O3. The molecular weight excluding hydrogens is 288 g/mol. The third-order valence-corrected chi connectivity index (χ3v) is 3.62. The van der Waals surface area contributed by atoms with Gasteiger partial charge < -0.3 is 14.2 Å². The molecule has 0 saturated carbocycles. The van der Waals surface area contributed by atoms with E-state index in [9.17, 15) is 0 Å². The van der Waals surface area contributed by atoms with Gasteiger partial charge >= 0.3 is 0 Å². The van der Waals surface area contributed by atoms with Gasteiger partial charge in [-0.3, -0.25) is 0 Å². The summed E-state index contributed by atoms with van der Waals surface area (Å²) in [6.07, 6.45) is 3.74. The largest absolute Gasteiger partial charge is 0.493 e. The predicted octanol–water partition coefficient (Wildman–Crippen LogP) is 4.98. The maximum absolute atomic E-state index is 5.79. The highest BCUT2D eigenvalue weighted by Crippen LogP contribution is 2.29. The Morgan fingerprint density at radius 2 is 1.74 bits per heavy atom. The third kappa shape index (κ3) is 4.52. The molecule has 122 valence electrons. The van der Waals surface area contributed by atoms with Gasteiger partial charge in [0.25, 0.3) is 0 Å². The average Bonchev–Trinajstić information content (AvgIpc) is 2.58. The zero-order valence-corrected chi connectivity index (χ0v) is 14.3. The second-order valence-electron chi connectivity index (χ2n) is 5.41. The lowest BCUT2D eigenvalue weighted by Gasteiger charge is -2.11. The number of aryl methyl sites for hydroxylation is 2. The number of hydrogen-bond acceptors (Lipinski definition) is 3. The Balaban J connectivity index is 2.21. The lowest BCUT2D eigenvalue weighted by atomic mass is 10.1. The molecule has 0 unspecified atom stereocenters. The minimum Gasteiger partial charge on any atom is -0.493 e. The summed E-state index contributed by atoms with van der Waals surface area (Å²) in [5.41, 5.74) is 3.42. The van der Waals surface area contributed by atoms with Crippen LogP contribution in [0, 0.1) is 6.92 Å². The number of hydrogen-bond donors (Lipinski definition) is 0. The molecule has 0 fully saturated rings. The summed E-state index contributed by atoms with van der Waals surface area (Å²) in [7, 11) is 3.29. The van der Waals surface area contributed by atoms with Gasteiger partial charge in [-0.15, -0.1) is 0 Å². The van der Waals surface area contributed by atoms with Gasteiger partial charge in [0.05, 0.1) is 14.2 Å². The molecule has 3 nitrogen and oxygen atoms in total. The number of rotatable bonds is 7. The molecule has 0 aromatic heterocycles. The fourth-order valence-electron chi connectivity index (χ4n) is 2.32. The summed E-state index contributed by atoms with van der Waals surface area (Å²) >= 11 is 0. The monoisotopic (exact) mass is 312 g/mol. The Labute approximate surface area is 138 Å². The topological polar surface area (TPSA) is 27.7 Å². The van der Waals surface area contributed by atoms with Gasteiger partial charge in [0.15, 0.2) is 17.3 Å². The molecule has 0 atom stereocenters. The van der Waals surface area contributed by atoms with Crippen molar-refractivity contribution in [1.82, 2.24) is 0 Å². The van der Waals surface area contributed by atoms with Crippen molar-refractivity contribution in [2.24, 2.45) is 0 Å². The van der Waals surface area contributed by atoms with E-state index in [1.807, 2.05) is 36.4 Å². The molecule has 0 amide bonds. The van der Waals surface area contributed by atoms with Crippen LogP contribution in [0.25, 0.3) is 5.76 Å². The van der Waals surface area contributed by atoms with Crippen LogP contribution < -0.4 is 9.47 Å². The fourth-order valence-corrected chi connectivity index (χ4v) is 2.32. The van der Waals surface area contributed by atoms with Crippen LogP contribution in [-0.2, 0) is 11.2 Å². The number of benzene rings is 2. The molecule has 0 N–H and O–H groups in total. The summed E-state index contributed by atoms with van der Waals surface area (Å²) in [4.78, 5) is 0. The van der Waals surface area contributed by atoms with Crippen LogP contribution in [-0.4, -0.2) is 14.2 Å². The maximum Gasteiger partial charge on any atom is 0.168 e. The standard InChI is InChI=1S/C20H24O3/c1-5-6-16-9-12-18(19(13-16)21-3)23-14-20(22-4)17-10-7-15(2)8-11-17/h7-14H,5-6H2,1-4H3/b20-14+. The van der Waals surface area contributed by atoms with E-state index < -0.39 is 0 Å². The molecule has 3 heteroatoms. The molecule has 2 aromatic rings. The molecule has 0 aliphatic carbocycles. The van der Waals surface area contributed by atoms with Crippen LogP contribution in [0.5, 0.6) is 11.5 Å². The van der Waals surface area contributed by atoms with E-state index in [0.29, 0.717) is 11.5 Å². The molecule has 0 spiro atoms. The third-order valence-electron chi connectivity index (χ3n) is 3.62. The molecule has 0 saturated heterocycles. The Bertz CT molecular complexity index is 657. The normalized spacial score (nSPS) is 11.2. The van der Waals surface area contributed by atoms with E-state index in [1.54, 1.807) is 20.5 Å². The van der Waals surface area contributed by atoms with Crippen molar-refractivity contribution in [3.8, 4) is 11.5 Å². The average molecular weight is 312 g/mol. The van der Waals surface area contributed by atoms with Crippen molar-refractivity contribution < 1.29 is 14.2 Å². The lowest BCUT2D eigenvalue weighted by molar-refractivity contribution is 0.342. The minimum absolute atomic E-state index is 0.671. The first kappa shape index (κ1) is 16.9. The first-order chi connectivity index (χ1) is 11.2. The first-order valence-electron chi connectivity index (χ1n) is 7.82. The zero-order valence-electron chi connectivity index (χ0n) is 14.3. The summed E-state index contributed by atoms with van der Waals surface area (Å²) < 4.78 is 16.6. The predicted molar refractivity (Wildman–Crippen MR) is 93.8 cm³/mol. The molecule has 0 heterocycles. The van der Waals surface area contributed by atoms with Crippen LogP contribution in [0.15, 0.2) is 48.7 Å². The van der Waals surface area contributed by atoms with Crippen LogP contribution in [0.2, 0.25) is 0 Å². The van der Waals surface area contributed by atoms with Gasteiger partial charge in [-0.1, -0.05) is 49.2 Å². The quantitative estimate of drug-likeness (QED) is 0.675. The van der Waals surface area contributed by atoms with Gasteiger partial charge in [0.1, 0.15) is 6.26 Å². The van der Waals surface area contributed by atoms with E-state index in [4.69, 9.17) is 14.2 Å². The maximum atomic E-state index is 5.79. The number of methoxy groups -OCH3 is 2. The Kier molecular flexibility index (Phi) is 6.10.